The van der Waals surface area contributed by atoms with Crippen molar-refractivity contribution in [2.24, 2.45) is 0 Å². The summed E-state index contributed by atoms with van der Waals surface area (Å²) in [5.74, 6) is 0.951. The minimum absolute atomic E-state index is 0.0419. The second-order valence-electron chi connectivity index (χ2n) is 6.06. The number of benzene rings is 3. The molecular weight excluding hydrogens is 298 g/mol. The quantitative estimate of drug-likeness (QED) is 0.759. The number of rotatable bonds is 3. The number of nitrogens with one attached hydrogen (secondary N) is 1. The van der Waals surface area contributed by atoms with Gasteiger partial charge in [0.1, 0.15) is 5.75 Å². The Morgan fingerprint density at radius 1 is 1.08 bits per heavy atom. The zero-order chi connectivity index (χ0) is 16.5. The van der Waals surface area contributed by atoms with E-state index in [0.717, 1.165) is 17.0 Å². The Balaban J connectivity index is 1.90. The van der Waals surface area contributed by atoms with E-state index in [1.807, 2.05) is 37.3 Å². The summed E-state index contributed by atoms with van der Waals surface area (Å²) in [6.45, 7) is 2.61. The van der Waals surface area contributed by atoms with Crippen molar-refractivity contribution < 1.29 is 9.53 Å². The number of carbonyl (C=O) groups is 1. The smallest absolute Gasteiger partial charge is 0.225 e. The van der Waals surface area contributed by atoms with Crippen LogP contribution in [0.1, 0.15) is 30.4 Å². The van der Waals surface area contributed by atoms with Crippen LogP contribution in [0.3, 0.4) is 0 Å². The second-order valence-corrected chi connectivity index (χ2v) is 6.06. The average Bonchev–Trinajstić information content (AvgIpc) is 2.61. The van der Waals surface area contributed by atoms with Gasteiger partial charge < -0.3 is 10.1 Å². The van der Waals surface area contributed by atoms with E-state index in [-0.39, 0.29) is 11.8 Å². The van der Waals surface area contributed by atoms with Crippen molar-refractivity contribution >= 4 is 22.4 Å². The zero-order valence-corrected chi connectivity index (χ0v) is 13.6. The van der Waals surface area contributed by atoms with Crippen molar-refractivity contribution in [3.8, 4) is 5.75 Å². The molecule has 0 spiro atoms. The van der Waals surface area contributed by atoms with Gasteiger partial charge in [0.05, 0.1) is 6.61 Å². The largest absolute Gasteiger partial charge is 0.494 e. The van der Waals surface area contributed by atoms with Crippen LogP contribution in [0.25, 0.3) is 10.8 Å². The number of carbonyl (C=O) groups excluding carboxylic acids is 1. The molecule has 0 bridgehead atoms. The van der Waals surface area contributed by atoms with Crippen LogP contribution in [0.4, 0.5) is 5.69 Å². The lowest BCUT2D eigenvalue weighted by molar-refractivity contribution is -0.116. The first-order chi connectivity index (χ1) is 11.8. The number of fused-ring (bicyclic) bond motifs is 3. The molecule has 1 aliphatic heterocycles. The summed E-state index contributed by atoms with van der Waals surface area (Å²) in [4.78, 5) is 12.2. The van der Waals surface area contributed by atoms with Crippen LogP contribution in [0, 0.1) is 0 Å². The van der Waals surface area contributed by atoms with Gasteiger partial charge in [0.2, 0.25) is 5.91 Å². The molecule has 3 aromatic carbocycles. The van der Waals surface area contributed by atoms with Gasteiger partial charge in [-0.2, -0.15) is 0 Å². The minimum Gasteiger partial charge on any atom is -0.494 e. The highest BCUT2D eigenvalue weighted by Crippen LogP contribution is 2.42. The van der Waals surface area contributed by atoms with E-state index in [9.17, 15) is 4.79 Å². The van der Waals surface area contributed by atoms with E-state index < -0.39 is 0 Å². The van der Waals surface area contributed by atoms with Crippen molar-refractivity contribution in [2.45, 2.75) is 19.3 Å². The second kappa shape index (κ2) is 6.00. The summed E-state index contributed by atoms with van der Waals surface area (Å²) in [7, 11) is 0. The SMILES string of the molecule is CCOc1cccc(C2CC(=O)Nc3ccc4ccccc4c32)c1. The summed E-state index contributed by atoms with van der Waals surface area (Å²) < 4.78 is 5.64. The average molecular weight is 317 g/mol. The maximum atomic E-state index is 12.2. The molecule has 3 heteroatoms. The first-order valence-corrected chi connectivity index (χ1v) is 8.30. The van der Waals surface area contributed by atoms with Gasteiger partial charge in [0.25, 0.3) is 0 Å². The van der Waals surface area contributed by atoms with Gasteiger partial charge in [0, 0.05) is 18.0 Å². The molecule has 1 unspecified atom stereocenters. The van der Waals surface area contributed by atoms with Gasteiger partial charge in [-0.15, -0.1) is 0 Å². The first kappa shape index (κ1) is 14.8. The van der Waals surface area contributed by atoms with Gasteiger partial charge in [-0.25, -0.2) is 0 Å². The predicted octanol–water partition coefficient (Wildman–Crippen LogP) is 4.71. The molecule has 1 amide bonds. The fraction of sp³-hybridized carbons (Fsp3) is 0.190. The Kier molecular flexibility index (Phi) is 3.69. The summed E-state index contributed by atoms with van der Waals surface area (Å²) in [5, 5.41) is 5.41. The van der Waals surface area contributed by atoms with Crippen molar-refractivity contribution in [2.75, 3.05) is 11.9 Å². The predicted molar refractivity (Wildman–Crippen MR) is 96.6 cm³/mol. The molecule has 1 heterocycles. The molecule has 1 aliphatic rings. The maximum Gasteiger partial charge on any atom is 0.225 e. The van der Waals surface area contributed by atoms with Crippen molar-refractivity contribution in [1.29, 1.82) is 0 Å². The van der Waals surface area contributed by atoms with Crippen LogP contribution in [0.5, 0.6) is 5.75 Å². The van der Waals surface area contributed by atoms with Gasteiger partial charge in [-0.3, -0.25) is 4.79 Å². The number of ether oxygens (including phenoxy) is 1. The molecule has 0 radical (unpaired) electrons. The van der Waals surface area contributed by atoms with Crippen molar-refractivity contribution in [1.82, 2.24) is 0 Å². The summed E-state index contributed by atoms with van der Waals surface area (Å²) >= 11 is 0. The summed E-state index contributed by atoms with van der Waals surface area (Å²) in [5.41, 5.74) is 3.23. The maximum absolute atomic E-state index is 12.2. The van der Waals surface area contributed by atoms with Gasteiger partial charge in [-0.05, 0) is 47.0 Å². The Bertz CT molecular complexity index is 917. The van der Waals surface area contributed by atoms with E-state index >= 15 is 0 Å². The van der Waals surface area contributed by atoms with E-state index in [1.165, 1.54) is 16.3 Å². The molecule has 0 saturated carbocycles. The third kappa shape index (κ3) is 2.52. The third-order valence-electron chi connectivity index (χ3n) is 4.55. The van der Waals surface area contributed by atoms with E-state index in [4.69, 9.17) is 4.74 Å². The topological polar surface area (TPSA) is 38.3 Å². The van der Waals surface area contributed by atoms with E-state index in [2.05, 4.69) is 35.6 Å². The minimum atomic E-state index is 0.0419. The zero-order valence-electron chi connectivity index (χ0n) is 13.6. The Morgan fingerprint density at radius 2 is 1.96 bits per heavy atom. The van der Waals surface area contributed by atoms with Crippen molar-refractivity contribution in [3.63, 3.8) is 0 Å². The lowest BCUT2D eigenvalue weighted by Gasteiger charge is -2.28. The molecule has 0 aromatic heterocycles. The Labute approximate surface area is 141 Å². The van der Waals surface area contributed by atoms with Crippen LogP contribution in [-0.4, -0.2) is 12.5 Å². The highest BCUT2D eigenvalue weighted by atomic mass is 16.5. The number of hydrogen-bond donors (Lipinski definition) is 1. The molecule has 3 aromatic rings. The summed E-state index contributed by atoms with van der Waals surface area (Å²) in [6.07, 6.45) is 0.455. The molecule has 1 atom stereocenters. The molecule has 0 fully saturated rings. The first-order valence-electron chi connectivity index (χ1n) is 8.30. The monoisotopic (exact) mass is 317 g/mol. The standard InChI is InChI=1S/C21H19NO2/c1-2-24-16-8-5-7-15(12-16)18-13-20(23)22-19-11-10-14-6-3-4-9-17(14)21(18)19/h3-12,18H,2,13H2,1H3,(H,22,23). The number of amides is 1. The molecule has 120 valence electrons. The van der Waals surface area contributed by atoms with Crippen LogP contribution in [0.15, 0.2) is 60.7 Å². The summed E-state index contributed by atoms with van der Waals surface area (Å²) in [6, 6.07) is 20.5. The normalized spacial score (nSPS) is 16.5. The van der Waals surface area contributed by atoms with Crippen LogP contribution in [0.2, 0.25) is 0 Å². The lowest BCUT2D eigenvalue weighted by Crippen LogP contribution is -2.23. The Morgan fingerprint density at radius 3 is 2.83 bits per heavy atom. The Hall–Kier alpha value is -2.81. The fourth-order valence-corrected chi connectivity index (χ4v) is 3.54. The lowest BCUT2D eigenvalue weighted by atomic mass is 9.82. The number of hydrogen-bond acceptors (Lipinski definition) is 2. The fourth-order valence-electron chi connectivity index (χ4n) is 3.54. The molecule has 0 aliphatic carbocycles. The molecule has 4 rings (SSSR count). The van der Waals surface area contributed by atoms with Crippen LogP contribution >= 0.6 is 0 Å². The van der Waals surface area contributed by atoms with Gasteiger partial charge in [-0.1, -0.05) is 42.5 Å². The molecule has 0 saturated heterocycles. The molecule has 1 N–H and O–H groups in total. The van der Waals surface area contributed by atoms with Crippen molar-refractivity contribution in [3.05, 3.63) is 71.8 Å². The van der Waals surface area contributed by atoms with Gasteiger partial charge >= 0.3 is 0 Å². The van der Waals surface area contributed by atoms with Crippen LogP contribution in [-0.2, 0) is 4.79 Å². The van der Waals surface area contributed by atoms with E-state index in [1.54, 1.807) is 0 Å². The molecule has 24 heavy (non-hydrogen) atoms. The highest BCUT2D eigenvalue weighted by Gasteiger charge is 2.28. The van der Waals surface area contributed by atoms with Gasteiger partial charge in [0.15, 0.2) is 0 Å². The molecule has 3 nitrogen and oxygen atoms in total. The molecular formula is C21H19NO2. The highest BCUT2D eigenvalue weighted by molar-refractivity contribution is 6.01. The van der Waals surface area contributed by atoms with E-state index in [0.29, 0.717) is 13.0 Å². The number of anilines is 1. The third-order valence-corrected chi connectivity index (χ3v) is 4.55. The van der Waals surface area contributed by atoms with Crippen LogP contribution < -0.4 is 10.1 Å².